The molecule has 0 fully saturated rings. The molecule has 0 amide bonds. The second-order valence-corrected chi connectivity index (χ2v) is 5.84. The maximum Gasteiger partial charge on any atom is 0.0928 e. The molecule has 1 aromatic carbocycles. The molecule has 2 nitrogen and oxygen atoms in total. The largest absolute Gasteiger partial charge is 0.399 e. The van der Waals surface area contributed by atoms with Gasteiger partial charge in [-0.1, -0.05) is 13.0 Å². The van der Waals surface area contributed by atoms with Crippen LogP contribution in [0.5, 0.6) is 0 Å². The van der Waals surface area contributed by atoms with Crippen LogP contribution in [0.25, 0.3) is 0 Å². The number of hydrogen-bond acceptors (Lipinski definition) is 4. The van der Waals surface area contributed by atoms with Gasteiger partial charge >= 0.3 is 0 Å². The van der Waals surface area contributed by atoms with Gasteiger partial charge in [0.25, 0.3) is 0 Å². The van der Waals surface area contributed by atoms with Crippen molar-refractivity contribution >= 4 is 28.8 Å². The van der Waals surface area contributed by atoms with Gasteiger partial charge in [0, 0.05) is 21.7 Å². The highest BCUT2D eigenvalue weighted by molar-refractivity contribution is 7.98. The normalized spacial score (nSPS) is 10.6. The molecule has 0 aliphatic heterocycles. The summed E-state index contributed by atoms with van der Waals surface area (Å²) in [5, 5.41) is 3.40. The average molecular weight is 264 g/mol. The van der Waals surface area contributed by atoms with E-state index in [-0.39, 0.29) is 0 Å². The lowest BCUT2D eigenvalue weighted by molar-refractivity contribution is 0.902. The van der Waals surface area contributed by atoms with E-state index in [1.807, 2.05) is 18.2 Å². The lowest BCUT2D eigenvalue weighted by Crippen LogP contribution is -1.86. The number of benzene rings is 1. The van der Waals surface area contributed by atoms with Gasteiger partial charge in [0.15, 0.2) is 0 Å². The number of aryl methyl sites for hydroxylation is 1. The van der Waals surface area contributed by atoms with Crippen molar-refractivity contribution in [3.63, 3.8) is 0 Å². The van der Waals surface area contributed by atoms with Crippen molar-refractivity contribution in [2.45, 2.75) is 30.4 Å². The first kappa shape index (κ1) is 12.5. The number of nitrogens with zero attached hydrogens (tertiary/aromatic N) is 1. The molecule has 17 heavy (non-hydrogen) atoms. The Bertz CT molecular complexity index is 480. The molecular weight excluding hydrogens is 248 g/mol. The Balaban J connectivity index is 1.93. The molecule has 2 N–H and O–H groups in total. The molecule has 0 saturated heterocycles. The van der Waals surface area contributed by atoms with Crippen molar-refractivity contribution in [2.75, 3.05) is 5.73 Å². The Labute approximate surface area is 110 Å². The van der Waals surface area contributed by atoms with Crippen molar-refractivity contribution in [2.24, 2.45) is 0 Å². The number of rotatable bonds is 5. The van der Waals surface area contributed by atoms with E-state index in [9.17, 15) is 0 Å². The fraction of sp³-hybridized carbons (Fsp3) is 0.308. The van der Waals surface area contributed by atoms with Crippen LogP contribution in [0.3, 0.4) is 0 Å². The topological polar surface area (TPSA) is 38.9 Å². The van der Waals surface area contributed by atoms with Gasteiger partial charge < -0.3 is 5.73 Å². The number of thiazole rings is 1. The van der Waals surface area contributed by atoms with Gasteiger partial charge in [-0.3, -0.25) is 0 Å². The highest BCUT2D eigenvalue weighted by Gasteiger charge is 2.02. The molecule has 0 aliphatic rings. The fourth-order valence-electron chi connectivity index (χ4n) is 1.51. The summed E-state index contributed by atoms with van der Waals surface area (Å²) < 4.78 is 0. The molecule has 2 rings (SSSR count). The smallest absolute Gasteiger partial charge is 0.0928 e. The van der Waals surface area contributed by atoms with Crippen LogP contribution in [-0.4, -0.2) is 4.98 Å². The van der Waals surface area contributed by atoms with Crippen LogP contribution in [-0.2, 0) is 12.2 Å². The first-order chi connectivity index (χ1) is 8.28. The van der Waals surface area contributed by atoms with Gasteiger partial charge in [-0.05, 0) is 31.0 Å². The predicted molar refractivity (Wildman–Crippen MR) is 76.5 cm³/mol. The van der Waals surface area contributed by atoms with Gasteiger partial charge in [-0.25, -0.2) is 4.98 Å². The minimum absolute atomic E-state index is 0.819. The van der Waals surface area contributed by atoms with Crippen LogP contribution in [0.2, 0.25) is 0 Å². The van der Waals surface area contributed by atoms with Crippen LogP contribution in [0.1, 0.15) is 24.0 Å². The molecule has 0 aliphatic carbocycles. The Morgan fingerprint density at radius 2 is 2.29 bits per heavy atom. The van der Waals surface area contributed by atoms with Gasteiger partial charge in [-0.2, -0.15) is 0 Å². The first-order valence-electron chi connectivity index (χ1n) is 5.69. The third-order valence-corrected chi connectivity index (χ3v) is 4.29. The molecular formula is C13H16N2S2. The number of nitrogen functional groups attached to an aromatic ring is 1. The number of aromatic nitrogens is 1. The SMILES string of the molecule is CCCc1nc(CSc2cccc(N)c2)cs1. The summed E-state index contributed by atoms with van der Waals surface area (Å²) >= 11 is 3.55. The third kappa shape index (κ3) is 3.75. The van der Waals surface area contributed by atoms with E-state index in [2.05, 4.69) is 23.4 Å². The number of thioether (sulfide) groups is 1. The van der Waals surface area contributed by atoms with E-state index in [1.54, 1.807) is 23.1 Å². The van der Waals surface area contributed by atoms with E-state index >= 15 is 0 Å². The van der Waals surface area contributed by atoms with Crippen molar-refractivity contribution in [1.82, 2.24) is 4.98 Å². The number of anilines is 1. The van der Waals surface area contributed by atoms with Crippen molar-refractivity contribution < 1.29 is 0 Å². The zero-order valence-corrected chi connectivity index (χ0v) is 11.5. The summed E-state index contributed by atoms with van der Waals surface area (Å²) in [5.74, 6) is 0.920. The minimum atomic E-state index is 0.819. The fourth-order valence-corrected chi connectivity index (χ4v) is 3.37. The summed E-state index contributed by atoms with van der Waals surface area (Å²) in [6.45, 7) is 2.18. The molecule has 0 spiro atoms. The Hall–Kier alpha value is -1.000. The van der Waals surface area contributed by atoms with Gasteiger partial charge in [0.2, 0.25) is 0 Å². The Kier molecular flexibility index (Phi) is 4.45. The predicted octanol–water partition coefficient (Wildman–Crippen LogP) is 3.97. The summed E-state index contributed by atoms with van der Waals surface area (Å²) in [5.41, 5.74) is 7.74. The van der Waals surface area contributed by atoms with Gasteiger partial charge in [0.05, 0.1) is 10.7 Å². The van der Waals surface area contributed by atoms with Crippen LogP contribution in [0, 0.1) is 0 Å². The minimum Gasteiger partial charge on any atom is -0.399 e. The van der Waals surface area contributed by atoms with Crippen molar-refractivity contribution in [3.05, 3.63) is 40.3 Å². The molecule has 0 atom stereocenters. The van der Waals surface area contributed by atoms with E-state index in [4.69, 9.17) is 5.73 Å². The zero-order valence-electron chi connectivity index (χ0n) is 9.85. The molecule has 0 saturated carbocycles. The second kappa shape index (κ2) is 6.07. The molecule has 4 heteroatoms. The summed E-state index contributed by atoms with van der Waals surface area (Å²) in [6.07, 6.45) is 2.25. The quantitative estimate of drug-likeness (QED) is 0.656. The Morgan fingerprint density at radius 1 is 1.41 bits per heavy atom. The number of hydrogen-bond donors (Lipinski definition) is 1. The summed E-state index contributed by atoms with van der Waals surface area (Å²) in [4.78, 5) is 5.81. The van der Waals surface area contributed by atoms with Crippen molar-refractivity contribution in [1.29, 1.82) is 0 Å². The Morgan fingerprint density at radius 3 is 3.06 bits per heavy atom. The molecule has 2 aromatic rings. The highest BCUT2D eigenvalue weighted by Crippen LogP contribution is 2.25. The molecule has 0 radical (unpaired) electrons. The van der Waals surface area contributed by atoms with Gasteiger partial charge in [0.1, 0.15) is 0 Å². The first-order valence-corrected chi connectivity index (χ1v) is 7.56. The van der Waals surface area contributed by atoms with E-state index in [0.29, 0.717) is 0 Å². The maximum atomic E-state index is 5.74. The van der Waals surface area contributed by atoms with Crippen LogP contribution in [0.15, 0.2) is 34.5 Å². The maximum absolute atomic E-state index is 5.74. The summed E-state index contributed by atoms with van der Waals surface area (Å²) in [7, 11) is 0. The van der Waals surface area contributed by atoms with Crippen molar-refractivity contribution in [3.8, 4) is 0 Å². The average Bonchev–Trinajstić information content (AvgIpc) is 2.75. The van der Waals surface area contributed by atoms with E-state index in [0.717, 1.165) is 24.3 Å². The molecule has 1 aromatic heterocycles. The van der Waals surface area contributed by atoms with E-state index < -0.39 is 0 Å². The van der Waals surface area contributed by atoms with E-state index in [1.165, 1.54) is 15.6 Å². The monoisotopic (exact) mass is 264 g/mol. The molecule has 0 bridgehead atoms. The molecule has 1 heterocycles. The summed E-state index contributed by atoms with van der Waals surface area (Å²) in [6, 6.07) is 7.98. The zero-order chi connectivity index (χ0) is 12.1. The van der Waals surface area contributed by atoms with Gasteiger partial charge in [-0.15, -0.1) is 23.1 Å². The molecule has 90 valence electrons. The van der Waals surface area contributed by atoms with Crippen LogP contribution < -0.4 is 5.73 Å². The lowest BCUT2D eigenvalue weighted by atomic mass is 10.3. The standard InChI is InChI=1S/C13H16N2S2/c1-2-4-13-15-11(9-17-13)8-16-12-6-3-5-10(14)7-12/h3,5-7,9H,2,4,8,14H2,1H3. The lowest BCUT2D eigenvalue weighted by Gasteiger charge is -2.00. The highest BCUT2D eigenvalue weighted by atomic mass is 32.2. The third-order valence-electron chi connectivity index (χ3n) is 2.31. The van der Waals surface area contributed by atoms with Crippen LogP contribution in [0.4, 0.5) is 5.69 Å². The number of nitrogens with two attached hydrogens (primary N) is 1. The van der Waals surface area contributed by atoms with Crippen LogP contribution >= 0.6 is 23.1 Å². The second-order valence-electron chi connectivity index (χ2n) is 3.84. The molecule has 0 unspecified atom stereocenters.